The number of hydrazine groups is 1. The van der Waals surface area contributed by atoms with Crippen LogP contribution in [-0.2, 0) is 4.79 Å². The predicted octanol–water partition coefficient (Wildman–Crippen LogP) is 1.90. The van der Waals surface area contributed by atoms with Crippen molar-refractivity contribution in [2.24, 2.45) is 29.0 Å². The number of nitro groups is 1. The summed E-state index contributed by atoms with van der Waals surface area (Å²) >= 11 is 0. The first-order valence-electron chi connectivity index (χ1n) is 9.46. The van der Waals surface area contributed by atoms with Gasteiger partial charge < -0.3 is 5.32 Å². The van der Waals surface area contributed by atoms with E-state index < -0.39 is 16.9 Å². The van der Waals surface area contributed by atoms with Crippen molar-refractivity contribution in [1.82, 2.24) is 10.7 Å². The molecule has 0 aromatic heterocycles. The van der Waals surface area contributed by atoms with Crippen molar-refractivity contribution >= 4 is 17.5 Å². The maximum atomic E-state index is 12.7. The van der Waals surface area contributed by atoms with E-state index in [2.05, 4.69) is 10.7 Å². The molecule has 4 bridgehead atoms. The highest BCUT2D eigenvalue weighted by atomic mass is 16.6. The molecule has 1 aromatic carbocycles. The summed E-state index contributed by atoms with van der Waals surface area (Å²) in [4.78, 5) is 35.6. The number of nitrogens with zero attached hydrogens (tertiary/aromatic N) is 1. The number of nitro benzene ring substituents is 1. The second-order valence-corrected chi connectivity index (χ2v) is 8.50. The maximum Gasteiger partial charge on any atom is 0.269 e. The van der Waals surface area contributed by atoms with Gasteiger partial charge in [0.15, 0.2) is 0 Å². The van der Waals surface area contributed by atoms with Crippen molar-refractivity contribution < 1.29 is 14.5 Å². The number of rotatable bonds is 5. The third kappa shape index (κ3) is 3.18. The monoisotopic (exact) mass is 372 g/mol. The van der Waals surface area contributed by atoms with E-state index in [1.807, 2.05) is 0 Å². The first-order chi connectivity index (χ1) is 12.9. The molecule has 4 fully saturated rings. The van der Waals surface area contributed by atoms with Crippen LogP contribution in [0.4, 0.5) is 5.69 Å². The molecule has 4 aliphatic carbocycles. The minimum atomic E-state index is -0.682. The molecule has 0 radical (unpaired) electrons. The zero-order valence-electron chi connectivity index (χ0n) is 15.0. The molecule has 1 aromatic rings. The molecule has 1 unspecified atom stereocenters. The molecule has 4 aliphatic rings. The van der Waals surface area contributed by atoms with Crippen molar-refractivity contribution in [3.8, 4) is 0 Å². The summed E-state index contributed by atoms with van der Waals surface area (Å²) in [7, 11) is 0. The van der Waals surface area contributed by atoms with Crippen molar-refractivity contribution in [3.05, 3.63) is 39.9 Å². The standard InChI is InChI=1S/C19H24N4O4/c20-22-18(25)16(19-8-11-5-12(9-19)7-13(6-11)10-19)21-17(24)14-1-3-15(4-2-14)23(26)27/h1-4,11-13,16H,5-10,20H2,(H,21,24)(H,22,25). The van der Waals surface area contributed by atoms with Gasteiger partial charge in [-0.05, 0) is 68.4 Å². The van der Waals surface area contributed by atoms with Crippen molar-refractivity contribution in [2.45, 2.75) is 44.6 Å². The van der Waals surface area contributed by atoms with Gasteiger partial charge in [-0.1, -0.05) is 0 Å². The summed E-state index contributed by atoms with van der Waals surface area (Å²) < 4.78 is 0. The van der Waals surface area contributed by atoms with Crippen LogP contribution in [0, 0.1) is 33.3 Å². The van der Waals surface area contributed by atoms with Gasteiger partial charge in [-0.15, -0.1) is 0 Å². The predicted molar refractivity (Wildman–Crippen MR) is 97.3 cm³/mol. The average Bonchev–Trinajstić information content (AvgIpc) is 2.64. The molecule has 27 heavy (non-hydrogen) atoms. The molecule has 1 atom stereocenters. The fraction of sp³-hybridized carbons (Fsp3) is 0.579. The summed E-state index contributed by atoms with van der Waals surface area (Å²) in [5.74, 6) is 6.53. The van der Waals surface area contributed by atoms with E-state index in [4.69, 9.17) is 5.84 Å². The average molecular weight is 372 g/mol. The van der Waals surface area contributed by atoms with E-state index in [0.29, 0.717) is 23.3 Å². The van der Waals surface area contributed by atoms with E-state index >= 15 is 0 Å². The molecule has 8 nitrogen and oxygen atoms in total. The fourth-order valence-electron chi connectivity index (χ4n) is 6.06. The Morgan fingerprint density at radius 1 is 1.07 bits per heavy atom. The molecule has 144 valence electrons. The Hall–Kier alpha value is -2.48. The van der Waals surface area contributed by atoms with Crippen LogP contribution in [0.1, 0.15) is 48.9 Å². The van der Waals surface area contributed by atoms with Crippen LogP contribution in [0.25, 0.3) is 0 Å². The van der Waals surface area contributed by atoms with Gasteiger partial charge in [0.1, 0.15) is 6.04 Å². The molecule has 0 aliphatic heterocycles. The largest absolute Gasteiger partial charge is 0.340 e. The van der Waals surface area contributed by atoms with Gasteiger partial charge in [-0.25, -0.2) is 5.84 Å². The second kappa shape index (κ2) is 6.60. The van der Waals surface area contributed by atoms with Crippen LogP contribution in [0.3, 0.4) is 0 Å². The Morgan fingerprint density at radius 3 is 2.04 bits per heavy atom. The smallest absolute Gasteiger partial charge is 0.269 e. The number of nitrogens with one attached hydrogen (secondary N) is 2. The van der Waals surface area contributed by atoms with Gasteiger partial charge in [-0.2, -0.15) is 0 Å². The van der Waals surface area contributed by atoms with Crippen LogP contribution in [0.5, 0.6) is 0 Å². The van der Waals surface area contributed by atoms with Crippen molar-refractivity contribution in [2.75, 3.05) is 0 Å². The third-order valence-corrected chi connectivity index (χ3v) is 6.72. The molecule has 0 spiro atoms. The highest BCUT2D eigenvalue weighted by Crippen LogP contribution is 2.61. The Morgan fingerprint density at radius 2 is 1.59 bits per heavy atom. The topological polar surface area (TPSA) is 127 Å². The quantitative estimate of drug-likeness (QED) is 0.315. The summed E-state index contributed by atoms with van der Waals surface area (Å²) in [6, 6.07) is 4.71. The van der Waals surface area contributed by atoms with Crippen LogP contribution in [0.15, 0.2) is 24.3 Å². The van der Waals surface area contributed by atoms with Gasteiger partial charge >= 0.3 is 0 Å². The first-order valence-corrected chi connectivity index (χ1v) is 9.46. The van der Waals surface area contributed by atoms with Crippen LogP contribution in [0.2, 0.25) is 0 Å². The Kier molecular flexibility index (Phi) is 4.38. The van der Waals surface area contributed by atoms with Crippen LogP contribution < -0.4 is 16.6 Å². The lowest BCUT2D eigenvalue weighted by molar-refractivity contribution is -0.384. The number of carbonyl (C=O) groups excluding carboxylic acids is 2. The summed E-state index contributed by atoms with van der Waals surface area (Å²) in [6.07, 6.45) is 6.51. The Balaban J connectivity index is 1.57. The van der Waals surface area contributed by atoms with E-state index in [1.54, 1.807) is 0 Å². The highest BCUT2D eigenvalue weighted by Gasteiger charge is 2.56. The number of nitrogens with two attached hydrogens (primary N) is 1. The Bertz CT molecular complexity index is 741. The van der Waals surface area contributed by atoms with E-state index in [1.165, 1.54) is 43.5 Å². The zero-order valence-corrected chi connectivity index (χ0v) is 15.0. The molecule has 0 saturated heterocycles. The molecule has 4 saturated carbocycles. The number of hydrogen-bond donors (Lipinski definition) is 3. The number of non-ortho nitro benzene ring substituents is 1. The fourth-order valence-corrected chi connectivity index (χ4v) is 6.06. The van der Waals surface area contributed by atoms with Gasteiger partial charge in [0.05, 0.1) is 4.92 Å². The molecule has 0 heterocycles. The number of amides is 2. The van der Waals surface area contributed by atoms with Gasteiger partial charge in [-0.3, -0.25) is 25.1 Å². The Labute approximate surface area is 157 Å². The van der Waals surface area contributed by atoms with Gasteiger partial charge in [0, 0.05) is 23.1 Å². The number of benzene rings is 1. The molecular formula is C19H24N4O4. The highest BCUT2D eigenvalue weighted by molar-refractivity contribution is 5.98. The summed E-state index contributed by atoms with van der Waals surface area (Å²) in [6.45, 7) is 0. The van der Waals surface area contributed by atoms with Gasteiger partial charge in [0.25, 0.3) is 17.5 Å². The molecule has 4 N–H and O–H groups in total. The summed E-state index contributed by atoms with van der Waals surface area (Å²) in [5, 5.41) is 13.7. The molecule has 8 heteroatoms. The molecular weight excluding hydrogens is 348 g/mol. The lowest BCUT2D eigenvalue weighted by Gasteiger charge is -2.58. The minimum absolute atomic E-state index is 0.0797. The molecule has 5 rings (SSSR count). The first kappa shape index (κ1) is 17.9. The zero-order chi connectivity index (χ0) is 19.2. The van der Waals surface area contributed by atoms with Crippen LogP contribution in [-0.4, -0.2) is 22.8 Å². The second-order valence-electron chi connectivity index (χ2n) is 8.50. The minimum Gasteiger partial charge on any atom is -0.340 e. The van der Waals surface area contributed by atoms with E-state index in [-0.39, 0.29) is 17.0 Å². The lowest BCUT2D eigenvalue weighted by Crippen LogP contribution is -2.62. The normalized spacial score (nSPS) is 32.0. The lowest BCUT2D eigenvalue weighted by atomic mass is 9.47. The summed E-state index contributed by atoms with van der Waals surface area (Å²) in [5.41, 5.74) is 2.20. The van der Waals surface area contributed by atoms with E-state index in [0.717, 1.165) is 19.3 Å². The number of carbonyl (C=O) groups is 2. The number of hydrogen-bond acceptors (Lipinski definition) is 5. The SMILES string of the molecule is NNC(=O)C(NC(=O)c1ccc([N+](=O)[O-])cc1)C12CC3CC(CC(C3)C1)C2. The van der Waals surface area contributed by atoms with Crippen molar-refractivity contribution in [1.29, 1.82) is 0 Å². The van der Waals surface area contributed by atoms with E-state index in [9.17, 15) is 19.7 Å². The van der Waals surface area contributed by atoms with Gasteiger partial charge in [0.2, 0.25) is 0 Å². The third-order valence-electron chi connectivity index (χ3n) is 6.72. The maximum absolute atomic E-state index is 12.7. The van der Waals surface area contributed by atoms with Crippen LogP contribution >= 0.6 is 0 Å². The van der Waals surface area contributed by atoms with Crippen molar-refractivity contribution in [3.63, 3.8) is 0 Å². The molecule has 2 amide bonds.